The first-order valence-electron chi connectivity index (χ1n) is 10.1. The lowest BCUT2D eigenvalue weighted by Crippen LogP contribution is -2.44. The molecule has 1 aliphatic heterocycles. The Kier molecular flexibility index (Phi) is 7.46. The third kappa shape index (κ3) is 6.36. The minimum Gasteiger partial charge on any atom is -0.373 e. The van der Waals surface area contributed by atoms with E-state index >= 15 is 0 Å². The van der Waals surface area contributed by atoms with Crippen LogP contribution in [0.2, 0.25) is 0 Å². The summed E-state index contributed by atoms with van der Waals surface area (Å²) < 4.78 is 5.84. The van der Waals surface area contributed by atoms with E-state index in [4.69, 9.17) is 10.5 Å². The lowest BCUT2D eigenvalue weighted by atomic mass is 10.1. The van der Waals surface area contributed by atoms with Crippen molar-refractivity contribution in [2.24, 2.45) is 10.7 Å². The van der Waals surface area contributed by atoms with E-state index in [2.05, 4.69) is 77.6 Å². The molecule has 5 heteroatoms. The fourth-order valence-corrected chi connectivity index (χ4v) is 3.73. The summed E-state index contributed by atoms with van der Waals surface area (Å²) in [6.45, 7) is 8.50. The van der Waals surface area contributed by atoms with E-state index in [1.54, 1.807) is 0 Å². The minimum atomic E-state index is 0.276. The summed E-state index contributed by atoms with van der Waals surface area (Å²) in [6, 6.07) is 18.9. The van der Waals surface area contributed by atoms with Gasteiger partial charge in [0.1, 0.15) is 0 Å². The van der Waals surface area contributed by atoms with Crippen molar-refractivity contribution in [1.29, 1.82) is 0 Å². The maximum absolute atomic E-state index is 6.07. The van der Waals surface area contributed by atoms with Crippen molar-refractivity contribution < 1.29 is 4.74 Å². The van der Waals surface area contributed by atoms with E-state index in [1.807, 2.05) is 6.07 Å². The first-order valence-corrected chi connectivity index (χ1v) is 10.1. The van der Waals surface area contributed by atoms with E-state index in [0.29, 0.717) is 12.5 Å². The van der Waals surface area contributed by atoms with Gasteiger partial charge in [-0.3, -0.25) is 4.90 Å². The molecule has 2 atom stereocenters. The second-order valence-electron chi connectivity index (χ2n) is 7.58. The predicted molar refractivity (Wildman–Crippen MR) is 115 cm³/mol. The van der Waals surface area contributed by atoms with Crippen LogP contribution in [0.5, 0.6) is 0 Å². The van der Waals surface area contributed by atoms with Crippen LogP contribution in [0, 0.1) is 0 Å². The molecule has 1 saturated heterocycles. The molecule has 1 fully saturated rings. The fraction of sp³-hybridized carbons (Fsp3) is 0.435. The van der Waals surface area contributed by atoms with Gasteiger partial charge in [0.2, 0.25) is 0 Å². The molecule has 0 saturated carbocycles. The molecule has 5 nitrogen and oxygen atoms in total. The number of nitrogens with two attached hydrogens (primary N) is 1. The highest BCUT2D eigenvalue weighted by Crippen LogP contribution is 2.17. The van der Waals surface area contributed by atoms with Crippen LogP contribution in [0.4, 0.5) is 0 Å². The van der Waals surface area contributed by atoms with Gasteiger partial charge in [-0.2, -0.15) is 0 Å². The smallest absolute Gasteiger partial charge is 0.188 e. The Balaban J connectivity index is 1.53. The molecular weight excluding hydrogens is 348 g/mol. The molecule has 28 heavy (non-hydrogen) atoms. The van der Waals surface area contributed by atoms with Crippen molar-refractivity contribution in [2.45, 2.75) is 45.6 Å². The van der Waals surface area contributed by atoms with Crippen molar-refractivity contribution in [2.75, 3.05) is 19.6 Å². The lowest BCUT2D eigenvalue weighted by Gasteiger charge is -2.35. The molecule has 1 aliphatic rings. The second-order valence-corrected chi connectivity index (χ2v) is 7.58. The Morgan fingerprint density at radius 3 is 2.39 bits per heavy atom. The van der Waals surface area contributed by atoms with E-state index in [0.717, 1.165) is 32.6 Å². The summed E-state index contributed by atoms with van der Waals surface area (Å²) in [5.41, 5.74) is 9.90. The van der Waals surface area contributed by atoms with Crippen LogP contribution in [0.3, 0.4) is 0 Å². The molecule has 0 amide bonds. The van der Waals surface area contributed by atoms with Gasteiger partial charge in [-0.05, 0) is 37.0 Å². The number of aliphatic imine (C=N–C) groups is 1. The number of morpholine rings is 1. The Labute approximate surface area is 168 Å². The number of ether oxygens (including phenoxy) is 1. The Morgan fingerprint density at radius 2 is 1.68 bits per heavy atom. The van der Waals surface area contributed by atoms with Crippen molar-refractivity contribution in [1.82, 2.24) is 10.2 Å². The molecule has 0 bridgehead atoms. The third-order valence-corrected chi connectivity index (χ3v) is 4.99. The second kappa shape index (κ2) is 10.2. The zero-order valence-electron chi connectivity index (χ0n) is 17.0. The molecule has 2 aromatic rings. The van der Waals surface area contributed by atoms with Gasteiger partial charge in [0.05, 0.1) is 18.8 Å². The average Bonchev–Trinajstić information content (AvgIpc) is 2.67. The monoisotopic (exact) mass is 380 g/mol. The molecule has 3 N–H and O–H groups in total. The molecule has 0 aliphatic carbocycles. The van der Waals surface area contributed by atoms with Crippen molar-refractivity contribution in [3.63, 3.8) is 0 Å². The van der Waals surface area contributed by atoms with Crippen molar-refractivity contribution in [3.05, 3.63) is 71.3 Å². The molecule has 2 unspecified atom stereocenters. The molecule has 0 aromatic heterocycles. The fourth-order valence-electron chi connectivity index (χ4n) is 3.73. The maximum Gasteiger partial charge on any atom is 0.188 e. The summed E-state index contributed by atoms with van der Waals surface area (Å²) in [7, 11) is 0. The molecule has 150 valence electrons. The molecule has 3 rings (SSSR count). The van der Waals surface area contributed by atoms with E-state index in [9.17, 15) is 0 Å². The van der Waals surface area contributed by atoms with Crippen LogP contribution in [0.1, 0.15) is 30.5 Å². The first-order chi connectivity index (χ1) is 13.6. The van der Waals surface area contributed by atoms with Crippen LogP contribution in [-0.4, -0.2) is 42.7 Å². The van der Waals surface area contributed by atoms with Gasteiger partial charge in [0, 0.05) is 26.2 Å². The third-order valence-electron chi connectivity index (χ3n) is 4.99. The largest absolute Gasteiger partial charge is 0.373 e. The number of hydrogen-bond acceptors (Lipinski definition) is 3. The maximum atomic E-state index is 6.07. The molecule has 2 aromatic carbocycles. The van der Waals surface area contributed by atoms with Crippen molar-refractivity contribution in [3.8, 4) is 0 Å². The van der Waals surface area contributed by atoms with Crippen LogP contribution in [0.15, 0.2) is 59.6 Å². The highest BCUT2D eigenvalue weighted by molar-refractivity contribution is 5.77. The van der Waals surface area contributed by atoms with Gasteiger partial charge in [-0.1, -0.05) is 54.6 Å². The Hall–Kier alpha value is -2.37. The molecule has 0 radical (unpaired) electrons. The van der Waals surface area contributed by atoms with Crippen molar-refractivity contribution >= 4 is 5.96 Å². The molecule has 0 spiro atoms. The average molecular weight is 381 g/mol. The van der Waals surface area contributed by atoms with Crippen LogP contribution in [-0.2, 0) is 24.2 Å². The summed E-state index contributed by atoms with van der Waals surface area (Å²) in [6.07, 6.45) is 1.48. The standard InChI is InChI=1S/C23H32N4O/c1-18-15-27(16-19(2)28-18)17-22-11-7-6-10-21(22)14-26-23(24)25-13-12-20-8-4-3-5-9-20/h3-11,18-19H,12-17H2,1-2H3,(H3,24,25,26). The Bertz CT molecular complexity index is 752. The molecule has 1 heterocycles. The predicted octanol–water partition coefficient (Wildman–Crippen LogP) is 2.94. The van der Waals surface area contributed by atoms with Gasteiger partial charge in [-0.25, -0.2) is 4.99 Å². The zero-order valence-corrected chi connectivity index (χ0v) is 17.0. The van der Waals surface area contributed by atoms with Gasteiger partial charge in [0.25, 0.3) is 0 Å². The topological polar surface area (TPSA) is 62.9 Å². The highest BCUT2D eigenvalue weighted by Gasteiger charge is 2.22. The van der Waals surface area contributed by atoms with Crippen LogP contribution in [0.25, 0.3) is 0 Å². The van der Waals surface area contributed by atoms with Gasteiger partial charge in [0.15, 0.2) is 5.96 Å². The SMILES string of the molecule is CC1CN(Cc2ccccc2CN=C(N)NCCc2ccccc2)CC(C)O1. The van der Waals surface area contributed by atoms with E-state index < -0.39 is 0 Å². The number of benzene rings is 2. The summed E-state index contributed by atoms with van der Waals surface area (Å²) in [4.78, 5) is 7.01. The Morgan fingerprint density at radius 1 is 1.04 bits per heavy atom. The van der Waals surface area contributed by atoms with Gasteiger partial charge >= 0.3 is 0 Å². The van der Waals surface area contributed by atoms with Gasteiger partial charge in [-0.15, -0.1) is 0 Å². The zero-order chi connectivity index (χ0) is 19.8. The minimum absolute atomic E-state index is 0.276. The lowest BCUT2D eigenvalue weighted by molar-refractivity contribution is -0.0705. The number of nitrogens with one attached hydrogen (secondary N) is 1. The van der Waals surface area contributed by atoms with Crippen LogP contribution < -0.4 is 11.1 Å². The quantitative estimate of drug-likeness (QED) is 0.573. The summed E-state index contributed by atoms with van der Waals surface area (Å²) >= 11 is 0. The van der Waals surface area contributed by atoms with Crippen LogP contribution >= 0.6 is 0 Å². The summed E-state index contributed by atoms with van der Waals surface area (Å²) in [5, 5.41) is 3.21. The highest BCUT2D eigenvalue weighted by atomic mass is 16.5. The number of rotatable bonds is 7. The van der Waals surface area contributed by atoms with Gasteiger partial charge < -0.3 is 15.8 Å². The number of guanidine groups is 1. The first kappa shape index (κ1) is 20.4. The summed E-state index contributed by atoms with van der Waals surface area (Å²) in [5.74, 6) is 0.499. The van der Waals surface area contributed by atoms with E-state index in [1.165, 1.54) is 16.7 Å². The number of nitrogens with zero attached hydrogens (tertiary/aromatic N) is 2. The number of hydrogen-bond donors (Lipinski definition) is 2. The normalized spacial score (nSPS) is 20.9. The molecular formula is C23H32N4O. The van der Waals surface area contributed by atoms with E-state index in [-0.39, 0.29) is 12.2 Å².